The Bertz CT molecular complexity index is 1170. The Hall–Kier alpha value is -2.71. The van der Waals surface area contributed by atoms with Gasteiger partial charge in [-0.15, -0.1) is 0 Å². The van der Waals surface area contributed by atoms with Crippen molar-refractivity contribution in [3.8, 4) is 0 Å². The first-order valence-corrected chi connectivity index (χ1v) is 11.9. The number of nitrogens with zero attached hydrogens (tertiary/aromatic N) is 1. The Morgan fingerprint density at radius 3 is 2.25 bits per heavy atom. The van der Waals surface area contributed by atoms with Crippen molar-refractivity contribution in [1.29, 1.82) is 0 Å². The molecule has 0 saturated heterocycles. The van der Waals surface area contributed by atoms with Crippen LogP contribution in [0.25, 0.3) is 10.8 Å². The maximum atomic E-state index is 15.1. The van der Waals surface area contributed by atoms with E-state index in [0.717, 1.165) is 52.9 Å². The molecule has 0 saturated carbocycles. The number of hydrogen-bond acceptors (Lipinski definition) is 1. The normalized spacial score (nSPS) is 11.2. The van der Waals surface area contributed by atoms with Gasteiger partial charge in [0.1, 0.15) is 5.82 Å². The van der Waals surface area contributed by atoms with Gasteiger partial charge in [-0.05, 0) is 84.4 Å². The standard InChI is InChI=1S/C29H29ClFN/c1-2-3-4-23-9-17-27(32-20-23)16-8-22-10-18-28-25(19-22)13-12-24(29(28)31)11-5-21-6-14-26(30)15-7-21/h6-7,9-10,12-15,17-20H,2-5,8,11,16H2,1H3. The molecule has 0 atom stereocenters. The zero-order chi connectivity index (χ0) is 22.3. The monoisotopic (exact) mass is 445 g/mol. The Morgan fingerprint density at radius 1 is 0.750 bits per heavy atom. The van der Waals surface area contributed by atoms with Gasteiger partial charge < -0.3 is 0 Å². The van der Waals surface area contributed by atoms with E-state index in [1.807, 2.05) is 54.7 Å². The molecule has 0 N–H and O–H groups in total. The number of pyridine rings is 1. The van der Waals surface area contributed by atoms with E-state index >= 15 is 4.39 Å². The third-order valence-electron chi connectivity index (χ3n) is 6.07. The SMILES string of the molecule is CCCCc1ccc(CCc2ccc3c(F)c(CCc4ccc(Cl)cc4)ccc3c2)nc1. The van der Waals surface area contributed by atoms with Crippen molar-refractivity contribution in [2.75, 3.05) is 0 Å². The maximum Gasteiger partial charge on any atom is 0.134 e. The molecule has 1 aromatic heterocycles. The van der Waals surface area contributed by atoms with Crippen LogP contribution in [-0.2, 0) is 32.1 Å². The molecule has 3 heteroatoms. The molecular formula is C29H29ClFN. The molecule has 4 rings (SSSR count). The molecule has 0 aliphatic rings. The first-order chi connectivity index (χ1) is 15.6. The summed E-state index contributed by atoms with van der Waals surface area (Å²) < 4.78 is 15.1. The molecule has 0 radical (unpaired) electrons. The van der Waals surface area contributed by atoms with Crippen molar-refractivity contribution in [3.05, 3.63) is 112 Å². The fourth-order valence-electron chi connectivity index (χ4n) is 4.07. The van der Waals surface area contributed by atoms with E-state index in [1.54, 1.807) is 0 Å². The summed E-state index contributed by atoms with van der Waals surface area (Å²) in [6.07, 6.45) is 8.77. The van der Waals surface area contributed by atoms with Crippen LogP contribution in [0, 0.1) is 5.82 Å². The number of hydrogen-bond donors (Lipinski definition) is 0. The Morgan fingerprint density at radius 2 is 1.50 bits per heavy atom. The van der Waals surface area contributed by atoms with Gasteiger partial charge in [-0.25, -0.2) is 4.39 Å². The summed E-state index contributed by atoms with van der Waals surface area (Å²) in [5.74, 6) is -0.104. The van der Waals surface area contributed by atoms with Gasteiger partial charge in [0, 0.05) is 22.3 Å². The topological polar surface area (TPSA) is 12.9 Å². The van der Waals surface area contributed by atoms with Crippen molar-refractivity contribution in [2.24, 2.45) is 0 Å². The second kappa shape index (κ2) is 10.7. The molecule has 164 valence electrons. The number of fused-ring (bicyclic) bond motifs is 1. The highest BCUT2D eigenvalue weighted by atomic mass is 35.5. The smallest absolute Gasteiger partial charge is 0.134 e. The highest BCUT2D eigenvalue weighted by Gasteiger charge is 2.09. The molecule has 0 amide bonds. The highest BCUT2D eigenvalue weighted by molar-refractivity contribution is 6.30. The Balaban J connectivity index is 1.40. The number of aryl methyl sites for hydroxylation is 5. The number of halogens is 2. The van der Waals surface area contributed by atoms with Crippen LogP contribution in [-0.4, -0.2) is 4.98 Å². The third-order valence-corrected chi connectivity index (χ3v) is 6.32. The maximum absolute atomic E-state index is 15.1. The van der Waals surface area contributed by atoms with Gasteiger partial charge in [-0.1, -0.05) is 73.5 Å². The summed E-state index contributed by atoms with van der Waals surface area (Å²) in [6, 6.07) is 22.1. The van der Waals surface area contributed by atoms with Crippen molar-refractivity contribution in [1.82, 2.24) is 4.98 Å². The molecule has 0 spiro atoms. The molecule has 0 fully saturated rings. The summed E-state index contributed by atoms with van der Waals surface area (Å²) in [5.41, 5.74) is 5.55. The summed E-state index contributed by atoms with van der Waals surface area (Å²) in [4.78, 5) is 4.62. The lowest BCUT2D eigenvalue weighted by Crippen LogP contribution is -1.98. The molecule has 0 bridgehead atoms. The van der Waals surface area contributed by atoms with Crippen LogP contribution >= 0.6 is 11.6 Å². The van der Waals surface area contributed by atoms with Crippen LogP contribution in [0.1, 0.15) is 47.7 Å². The lowest BCUT2D eigenvalue weighted by atomic mass is 9.98. The van der Waals surface area contributed by atoms with E-state index in [2.05, 4.69) is 30.1 Å². The molecule has 3 aromatic carbocycles. The van der Waals surface area contributed by atoms with E-state index in [9.17, 15) is 0 Å². The van der Waals surface area contributed by atoms with E-state index in [1.165, 1.54) is 24.0 Å². The minimum atomic E-state index is -0.104. The van der Waals surface area contributed by atoms with Gasteiger partial charge in [0.15, 0.2) is 0 Å². The minimum Gasteiger partial charge on any atom is -0.261 e. The molecule has 1 heterocycles. The number of aromatic nitrogens is 1. The summed E-state index contributed by atoms with van der Waals surface area (Å²) in [5, 5.41) is 2.38. The summed E-state index contributed by atoms with van der Waals surface area (Å²) in [7, 11) is 0. The van der Waals surface area contributed by atoms with E-state index < -0.39 is 0 Å². The quantitative estimate of drug-likeness (QED) is 0.255. The van der Waals surface area contributed by atoms with Gasteiger partial charge in [0.2, 0.25) is 0 Å². The molecular weight excluding hydrogens is 417 g/mol. The predicted molar refractivity (Wildman–Crippen MR) is 133 cm³/mol. The first kappa shape index (κ1) is 22.5. The largest absolute Gasteiger partial charge is 0.261 e. The second-order valence-electron chi connectivity index (χ2n) is 8.48. The lowest BCUT2D eigenvalue weighted by Gasteiger charge is -2.09. The van der Waals surface area contributed by atoms with Crippen LogP contribution in [0.5, 0.6) is 0 Å². The van der Waals surface area contributed by atoms with Crippen molar-refractivity contribution >= 4 is 22.4 Å². The van der Waals surface area contributed by atoms with Crippen molar-refractivity contribution in [3.63, 3.8) is 0 Å². The van der Waals surface area contributed by atoms with Gasteiger partial charge in [-0.2, -0.15) is 0 Å². The van der Waals surface area contributed by atoms with Crippen LogP contribution in [0.4, 0.5) is 4.39 Å². The molecule has 0 aliphatic heterocycles. The lowest BCUT2D eigenvalue weighted by molar-refractivity contribution is 0.620. The number of benzene rings is 3. The van der Waals surface area contributed by atoms with Crippen LogP contribution in [0.15, 0.2) is 72.9 Å². The highest BCUT2D eigenvalue weighted by Crippen LogP contribution is 2.24. The summed E-state index contributed by atoms with van der Waals surface area (Å²) >= 11 is 5.95. The van der Waals surface area contributed by atoms with E-state index in [-0.39, 0.29) is 5.82 Å². The molecule has 0 aliphatic carbocycles. The van der Waals surface area contributed by atoms with E-state index in [4.69, 9.17) is 11.6 Å². The Labute approximate surface area is 195 Å². The number of rotatable bonds is 9. The zero-order valence-electron chi connectivity index (χ0n) is 18.6. The van der Waals surface area contributed by atoms with Crippen molar-refractivity contribution in [2.45, 2.75) is 51.9 Å². The fourth-order valence-corrected chi connectivity index (χ4v) is 4.20. The van der Waals surface area contributed by atoms with Gasteiger partial charge in [0.05, 0.1) is 0 Å². The van der Waals surface area contributed by atoms with Gasteiger partial charge in [0.25, 0.3) is 0 Å². The second-order valence-corrected chi connectivity index (χ2v) is 8.92. The molecule has 0 unspecified atom stereocenters. The van der Waals surface area contributed by atoms with Gasteiger partial charge >= 0.3 is 0 Å². The summed E-state index contributed by atoms with van der Waals surface area (Å²) in [6.45, 7) is 2.21. The average molecular weight is 446 g/mol. The molecule has 32 heavy (non-hydrogen) atoms. The molecule has 1 nitrogen and oxygen atoms in total. The zero-order valence-corrected chi connectivity index (χ0v) is 19.3. The van der Waals surface area contributed by atoms with Crippen LogP contribution in [0.2, 0.25) is 5.02 Å². The fraction of sp³-hybridized carbons (Fsp3) is 0.276. The van der Waals surface area contributed by atoms with Crippen LogP contribution < -0.4 is 0 Å². The molecule has 4 aromatic rings. The van der Waals surface area contributed by atoms with Gasteiger partial charge in [-0.3, -0.25) is 4.98 Å². The van der Waals surface area contributed by atoms with E-state index in [0.29, 0.717) is 11.8 Å². The third kappa shape index (κ3) is 5.75. The average Bonchev–Trinajstić information content (AvgIpc) is 2.82. The van der Waals surface area contributed by atoms with Crippen molar-refractivity contribution < 1.29 is 4.39 Å². The Kier molecular flexibility index (Phi) is 7.55. The number of unbranched alkanes of at least 4 members (excludes halogenated alkanes) is 1. The van der Waals surface area contributed by atoms with Crippen LogP contribution in [0.3, 0.4) is 0 Å². The first-order valence-electron chi connectivity index (χ1n) is 11.5. The predicted octanol–water partition coefficient (Wildman–Crippen LogP) is 7.94. The minimum absolute atomic E-state index is 0.104.